The molecule has 3 aromatic rings. The fourth-order valence-corrected chi connectivity index (χ4v) is 5.09. The molecule has 0 aromatic heterocycles. The molecule has 0 nitrogen and oxygen atoms in total. The lowest BCUT2D eigenvalue weighted by molar-refractivity contribution is 0.319. The summed E-state index contributed by atoms with van der Waals surface area (Å²) >= 11 is 0. The molecule has 1 fully saturated rings. The zero-order chi connectivity index (χ0) is 22.7. The Balaban J connectivity index is 1.62. The van der Waals surface area contributed by atoms with Gasteiger partial charge >= 0.3 is 0 Å². The Bertz CT molecular complexity index is 1100. The predicted molar refractivity (Wildman–Crippen MR) is 127 cm³/mol. The van der Waals surface area contributed by atoms with Gasteiger partial charge in [-0.2, -0.15) is 0 Å². The van der Waals surface area contributed by atoms with Crippen molar-refractivity contribution in [2.24, 2.45) is 5.92 Å². The van der Waals surface area contributed by atoms with Crippen molar-refractivity contribution in [3.05, 3.63) is 83.2 Å². The summed E-state index contributed by atoms with van der Waals surface area (Å²) in [6.45, 7) is 4.15. The SMILES string of the molecule is C/C=C/CCc1cc2ccc(-c3ccc(C4CCC(CC)CC4)cc3)c(F)c2c(F)c1F. The maximum absolute atomic E-state index is 15.4. The van der Waals surface area contributed by atoms with E-state index < -0.39 is 17.5 Å². The van der Waals surface area contributed by atoms with Gasteiger partial charge < -0.3 is 0 Å². The summed E-state index contributed by atoms with van der Waals surface area (Å²) in [7, 11) is 0. The molecule has 0 spiro atoms. The molecule has 0 bridgehead atoms. The second-order valence-corrected chi connectivity index (χ2v) is 9.04. The third kappa shape index (κ3) is 4.48. The highest BCUT2D eigenvalue weighted by Crippen LogP contribution is 2.38. The van der Waals surface area contributed by atoms with Gasteiger partial charge in [-0.25, -0.2) is 13.2 Å². The second kappa shape index (κ2) is 9.94. The summed E-state index contributed by atoms with van der Waals surface area (Å²) in [5, 5.41) is 0.127. The van der Waals surface area contributed by atoms with Gasteiger partial charge in [-0.05, 0) is 85.4 Å². The number of fused-ring (bicyclic) bond motifs is 1. The van der Waals surface area contributed by atoms with Crippen molar-refractivity contribution >= 4 is 10.8 Å². The molecular formula is C29H31F3. The minimum atomic E-state index is -1.10. The summed E-state index contributed by atoms with van der Waals surface area (Å²) in [6.07, 6.45) is 11.0. The standard InChI is InChI=1S/C29H31F3/c1-3-5-6-7-24-18-23-16-17-25(28(31)26(23)29(32)27(24)30)22-14-12-21(13-15-22)20-10-8-19(4-2)9-11-20/h3,5,12-20H,4,6-11H2,1-2H3/b5-3+. The highest BCUT2D eigenvalue weighted by molar-refractivity contribution is 5.89. The van der Waals surface area contributed by atoms with Crippen LogP contribution in [0.4, 0.5) is 13.2 Å². The van der Waals surface area contributed by atoms with Crippen LogP contribution in [0.15, 0.2) is 54.6 Å². The van der Waals surface area contributed by atoms with Gasteiger partial charge in [-0.3, -0.25) is 0 Å². The minimum Gasteiger partial charge on any atom is -0.206 e. The van der Waals surface area contributed by atoms with Gasteiger partial charge in [0.15, 0.2) is 11.6 Å². The summed E-state index contributed by atoms with van der Waals surface area (Å²) in [6, 6.07) is 12.9. The summed E-state index contributed by atoms with van der Waals surface area (Å²) in [5.74, 6) is -1.34. The first kappa shape index (κ1) is 22.6. The Labute approximate surface area is 189 Å². The molecule has 0 radical (unpaired) electrons. The van der Waals surface area contributed by atoms with Crippen LogP contribution < -0.4 is 0 Å². The minimum absolute atomic E-state index is 0.267. The molecule has 1 aliphatic carbocycles. The van der Waals surface area contributed by atoms with Crippen molar-refractivity contribution in [3.8, 4) is 11.1 Å². The molecule has 4 rings (SSSR count). The van der Waals surface area contributed by atoms with Crippen molar-refractivity contribution in [3.63, 3.8) is 0 Å². The highest BCUT2D eigenvalue weighted by Gasteiger charge is 2.22. The van der Waals surface area contributed by atoms with Crippen LogP contribution in [-0.4, -0.2) is 0 Å². The van der Waals surface area contributed by atoms with Crippen LogP contribution in [0.3, 0.4) is 0 Å². The fourth-order valence-electron chi connectivity index (χ4n) is 5.09. The first-order valence-electron chi connectivity index (χ1n) is 11.8. The summed E-state index contributed by atoms with van der Waals surface area (Å²) in [5.41, 5.74) is 2.56. The molecule has 0 amide bonds. The Morgan fingerprint density at radius 2 is 1.59 bits per heavy atom. The number of aryl methyl sites for hydroxylation is 1. The van der Waals surface area contributed by atoms with Crippen LogP contribution in [0, 0.1) is 23.4 Å². The van der Waals surface area contributed by atoms with Gasteiger partial charge in [0, 0.05) is 5.56 Å². The van der Waals surface area contributed by atoms with Crippen LogP contribution >= 0.6 is 0 Å². The lowest BCUT2D eigenvalue weighted by Gasteiger charge is -2.28. The molecule has 32 heavy (non-hydrogen) atoms. The molecule has 0 saturated heterocycles. The number of rotatable bonds is 6. The molecule has 0 heterocycles. The van der Waals surface area contributed by atoms with E-state index in [-0.39, 0.29) is 10.9 Å². The van der Waals surface area contributed by atoms with E-state index >= 15 is 4.39 Å². The molecule has 0 atom stereocenters. The molecular weight excluding hydrogens is 405 g/mol. The van der Waals surface area contributed by atoms with Gasteiger partial charge in [0.05, 0.1) is 5.39 Å². The molecule has 0 aliphatic heterocycles. The van der Waals surface area contributed by atoms with Crippen molar-refractivity contribution < 1.29 is 13.2 Å². The van der Waals surface area contributed by atoms with E-state index in [0.29, 0.717) is 35.3 Å². The molecule has 1 saturated carbocycles. The third-order valence-electron chi connectivity index (χ3n) is 7.13. The van der Waals surface area contributed by atoms with Crippen LogP contribution in [0.25, 0.3) is 21.9 Å². The first-order chi connectivity index (χ1) is 15.5. The van der Waals surface area contributed by atoms with Crippen molar-refractivity contribution in [2.45, 2.75) is 64.7 Å². The van der Waals surface area contributed by atoms with Gasteiger partial charge in [0.25, 0.3) is 0 Å². The van der Waals surface area contributed by atoms with E-state index in [1.165, 1.54) is 37.7 Å². The predicted octanol–water partition coefficient (Wildman–Crippen LogP) is 9.12. The monoisotopic (exact) mass is 436 g/mol. The van der Waals surface area contributed by atoms with E-state index in [0.717, 1.165) is 5.92 Å². The smallest absolute Gasteiger partial charge is 0.169 e. The Hall–Kier alpha value is -2.55. The van der Waals surface area contributed by atoms with Crippen LogP contribution in [-0.2, 0) is 6.42 Å². The maximum Gasteiger partial charge on any atom is 0.169 e. The van der Waals surface area contributed by atoms with Crippen LogP contribution in [0.5, 0.6) is 0 Å². The number of hydrogen-bond acceptors (Lipinski definition) is 0. The van der Waals surface area contributed by atoms with E-state index in [4.69, 9.17) is 0 Å². The Morgan fingerprint density at radius 3 is 2.25 bits per heavy atom. The second-order valence-electron chi connectivity index (χ2n) is 9.04. The number of halogens is 3. The lowest BCUT2D eigenvalue weighted by atomic mass is 9.77. The Morgan fingerprint density at radius 1 is 0.875 bits per heavy atom. The topological polar surface area (TPSA) is 0 Å². The van der Waals surface area contributed by atoms with Crippen LogP contribution in [0.1, 0.15) is 69.4 Å². The lowest BCUT2D eigenvalue weighted by Crippen LogP contribution is -2.12. The van der Waals surface area contributed by atoms with E-state index in [2.05, 4.69) is 19.1 Å². The summed E-state index contributed by atoms with van der Waals surface area (Å²) in [4.78, 5) is 0. The average Bonchev–Trinajstić information content (AvgIpc) is 2.82. The molecule has 3 heteroatoms. The number of benzene rings is 3. The molecule has 168 valence electrons. The third-order valence-corrected chi connectivity index (χ3v) is 7.13. The van der Waals surface area contributed by atoms with Crippen LogP contribution in [0.2, 0.25) is 0 Å². The largest absolute Gasteiger partial charge is 0.206 e. The van der Waals surface area contributed by atoms with Crippen molar-refractivity contribution in [2.75, 3.05) is 0 Å². The average molecular weight is 437 g/mol. The number of allylic oxidation sites excluding steroid dienone is 2. The maximum atomic E-state index is 15.4. The van der Waals surface area contributed by atoms with E-state index in [9.17, 15) is 8.78 Å². The Kier molecular flexibility index (Phi) is 7.03. The zero-order valence-electron chi connectivity index (χ0n) is 18.9. The van der Waals surface area contributed by atoms with E-state index in [1.807, 2.05) is 31.2 Å². The van der Waals surface area contributed by atoms with Gasteiger partial charge in [0.1, 0.15) is 5.82 Å². The molecule has 0 N–H and O–H groups in total. The van der Waals surface area contributed by atoms with Gasteiger partial charge in [-0.15, -0.1) is 0 Å². The van der Waals surface area contributed by atoms with Gasteiger partial charge in [-0.1, -0.05) is 61.9 Å². The molecule has 1 aliphatic rings. The quantitative estimate of drug-likeness (QED) is 0.338. The summed E-state index contributed by atoms with van der Waals surface area (Å²) < 4.78 is 44.8. The van der Waals surface area contributed by atoms with E-state index in [1.54, 1.807) is 18.2 Å². The normalized spacial score (nSPS) is 19.2. The molecule has 0 unspecified atom stereocenters. The van der Waals surface area contributed by atoms with Gasteiger partial charge in [0.2, 0.25) is 0 Å². The molecule has 3 aromatic carbocycles. The number of hydrogen-bond donors (Lipinski definition) is 0. The van der Waals surface area contributed by atoms with Crippen molar-refractivity contribution in [1.82, 2.24) is 0 Å². The fraction of sp³-hybridized carbons (Fsp3) is 0.379. The highest BCUT2D eigenvalue weighted by atomic mass is 19.2. The zero-order valence-corrected chi connectivity index (χ0v) is 18.9. The van der Waals surface area contributed by atoms with Crippen molar-refractivity contribution in [1.29, 1.82) is 0 Å². The first-order valence-corrected chi connectivity index (χ1v) is 11.8.